The molecule has 0 aliphatic rings. The zero-order valence-electron chi connectivity index (χ0n) is 7.27. The molecule has 0 spiro atoms. The molecule has 1 nitrogen and oxygen atoms in total. The van der Waals surface area contributed by atoms with Gasteiger partial charge >= 0.3 is 6.61 Å². The van der Waals surface area contributed by atoms with Gasteiger partial charge in [0, 0.05) is 0 Å². The molecule has 1 aromatic rings. The van der Waals surface area contributed by atoms with E-state index in [-0.39, 0.29) is 5.75 Å². The topological polar surface area (TPSA) is 9.23 Å². The molecule has 0 aliphatic carbocycles. The predicted octanol–water partition coefficient (Wildman–Crippen LogP) is 3.67. The molecule has 0 aliphatic heterocycles. The van der Waals surface area contributed by atoms with Gasteiger partial charge in [-0.3, -0.25) is 0 Å². The molecule has 0 amide bonds. The Balaban J connectivity index is 3.06. The van der Waals surface area contributed by atoms with Crippen LogP contribution in [0.15, 0.2) is 16.6 Å². The van der Waals surface area contributed by atoms with E-state index < -0.39 is 6.61 Å². The summed E-state index contributed by atoms with van der Waals surface area (Å²) in [5, 5.41) is 0. The lowest BCUT2D eigenvalue weighted by molar-refractivity contribution is -0.0508. The minimum atomic E-state index is -2.78. The average molecular weight is 251 g/mol. The molecule has 0 fully saturated rings. The first-order valence-corrected chi connectivity index (χ1v) is 4.51. The van der Waals surface area contributed by atoms with Gasteiger partial charge in [-0.15, -0.1) is 0 Å². The number of ether oxygens (including phenoxy) is 1. The van der Waals surface area contributed by atoms with Crippen molar-refractivity contribution >= 4 is 15.9 Å². The van der Waals surface area contributed by atoms with Gasteiger partial charge in [0.2, 0.25) is 0 Å². The molecule has 0 bridgehead atoms. The van der Waals surface area contributed by atoms with Crippen molar-refractivity contribution in [2.45, 2.75) is 20.5 Å². The molecule has 0 saturated carbocycles. The summed E-state index contributed by atoms with van der Waals surface area (Å²) in [5.41, 5.74) is 1.71. The second-order valence-electron chi connectivity index (χ2n) is 2.77. The highest BCUT2D eigenvalue weighted by molar-refractivity contribution is 9.10. The maximum atomic E-state index is 11.9. The molecule has 1 rings (SSSR count). The fourth-order valence-electron chi connectivity index (χ4n) is 1.14. The maximum absolute atomic E-state index is 11.9. The van der Waals surface area contributed by atoms with Gasteiger partial charge in [0.15, 0.2) is 0 Å². The first-order valence-electron chi connectivity index (χ1n) is 3.72. The van der Waals surface area contributed by atoms with Crippen molar-refractivity contribution in [1.82, 2.24) is 0 Å². The van der Waals surface area contributed by atoms with E-state index in [1.807, 2.05) is 6.92 Å². The minimum absolute atomic E-state index is 0.209. The fraction of sp³-hybridized carbons (Fsp3) is 0.333. The van der Waals surface area contributed by atoms with E-state index in [1.54, 1.807) is 19.1 Å². The lowest BCUT2D eigenvalue weighted by atomic mass is 10.1. The Kier molecular flexibility index (Phi) is 3.25. The Hall–Kier alpha value is -0.640. The fourth-order valence-corrected chi connectivity index (χ4v) is 1.91. The molecule has 0 unspecified atom stereocenters. The normalized spacial score (nSPS) is 10.6. The summed E-state index contributed by atoms with van der Waals surface area (Å²) < 4.78 is 28.8. The lowest BCUT2D eigenvalue weighted by Gasteiger charge is -2.10. The van der Waals surface area contributed by atoms with Crippen LogP contribution in [-0.4, -0.2) is 6.61 Å². The summed E-state index contributed by atoms with van der Waals surface area (Å²) in [6, 6.07) is 3.53. The van der Waals surface area contributed by atoms with Crippen molar-refractivity contribution in [3.05, 3.63) is 27.7 Å². The van der Waals surface area contributed by atoms with Crippen LogP contribution in [0.2, 0.25) is 0 Å². The standard InChI is InChI=1S/C9H9BrF2O/c1-5-3-6(2)8(7(10)4-5)13-9(11)12/h3-4,9H,1-2H3. The third-order valence-corrected chi connectivity index (χ3v) is 2.17. The molecule has 0 radical (unpaired) electrons. The number of hydrogen-bond donors (Lipinski definition) is 0. The minimum Gasteiger partial charge on any atom is -0.433 e. The quantitative estimate of drug-likeness (QED) is 0.779. The van der Waals surface area contributed by atoms with Crippen molar-refractivity contribution in [1.29, 1.82) is 0 Å². The van der Waals surface area contributed by atoms with Crippen LogP contribution < -0.4 is 4.74 Å². The van der Waals surface area contributed by atoms with E-state index >= 15 is 0 Å². The third-order valence-electron chi connectivity index (χ3n) is 1.58. The Morgan fingerprint density at radius 1 is 1.31 bits per heavy atom. The smallest absolute Gasteiger partial charge is 0.387 e. The van der Waals surface area contributed by atoms with Gasteiger partial charge in [-0.05, 0) is 47.0 Å². The van der Waals surface area contributed by atoms with Crippen LogP contribution in [0.3, 0.4) is 0 Å². The Bertz CT molecular complexity index is 289. The third kappa shape index (κ3) is 2.66. The van der Waals surface area contributed by atoms with Crippen molar-refractivity contribution in [3.63, 3.8) is 0 Å². The van der Waals surface area contributed by atoms with Gasteiger partial charge in [-0.1, -0.05) is 6.07 Å². The van der Waals surface area contributed by atoms with E-state index in [2.05, 4.69) is 20.7 Å². The summed E-state index contributed by atoms with van der Waals surface area (Å²) in [4.78, 5) is 0. The summed E-state index contributed by atoms with van der Waals surface area (Å²) in [7, 11) is 0. The highest BCUT2D eigenvalue weighted by Gasteiger charge is 2.11. The van der Waals surface area contributed by atoms with Gasteiger partial charge in [0.05, 0.1) is 4.47 Å². The van der Waals surface area contributed by atoms with E-state index in [9.17, 15) is 8.78 Å². The van der Waals surface area contributed by atoms with Gasteiger partial charge < -0.3 is 4.74 Å². The van der Waals surface area contributed by atoms with Crippen LogP contribution >= 0.6 is 15.9 Å². The number of benzene rings is 1. The monoisotopic (exact) mass is 250 g/mol. The summed E-state index contributed by atoms with van der Waals surface area (Å²) in [6.07, 6.45) is 0. The zero-order chi connectivity index (χ0) is 10.0. The second-order valence-corrected chi connectivity index (χ2v) is 3.63. The molecule has 13 heavy (non-hydrogen) atoms. The lowest BCUT2D eigenvalue weighted by Crippen LogP contribution is -2.04. The molecule has 0 saturated heterocycles. The van der Waals surface area contributed by atoms with Crippen molar-refractivity contribution < 1.29 is 13.5 Å². The van der Waals surface area contributed by atoms with Crippen molar-refractivity contribution in [2.75, 3.05) is 0 Å². The average Bonchev–Trinajstić information content (AvgIpc) is 1.96. The molecule has 4 heteroatoms. The number of aryl methyl sites for hydroxylation is 2. The predicted molar refractivity (Wildman–Crippen MR) is 50.2 cm³/mol. The molecule has 72 valence electrons. The Morgan fingerprint density at radius 2 is 1.92 bits per heavy atom. The van der Waals surface area contributed by atoms with E-state index in [0.717, 1.165) is 5.56 Å². The highest BCUT2D eigenvalue weighted by atomic mass is 79.9. The maximum Gasteiger partial charge on any atom is 0.387 e. The van der Waals surface area contributed by atoms with Crippen LogP contribution in [-0.2, 0) is 0 Å². The number of alkyl halides is 2. The highest BCUT2D eigenvalue weighted by Crippen LogP contribution is 2.31. The largest absolute Gasteiger partial charge is 0.433 e. The molecule has 1 aromatic carbocycles. The van der Waals surface area contributed by atoms with Gasteiger partial charge in [-0.2, -0.15) is 8.78 Å². The van der Waals surface area contributed by atoms with Crippen molar-refractivity contribution in [2.24, 2.45) is 0 Å². The molecular formula is C9H9BrF2O. The van der Waals surface area contributed by atoms with Gasteiger partial charge in [-0.25, -0.2) is 0 Å². The van der Waals surface area contributed by atoms with Gasteiger partial charge in [0.1, 0.15) is 5.75 Å². The summed E-state index contributed by atoms with van der Waals surface area (Å²) in [5.74, 6) is 0.209. The first-order chi connectivity index (χ1) is 6.00. The van der Waals surface area contributed by atoms with Gasteiger partial charge in [0.25, 0.3) is 0 Å². The van der Waals surface area contributed by atoms with Crippen LogP contribution in [0.5, 0.6) is 5.75 Å². The number of halogens is 3. The zero-order valence-corrected chi connectivity index (χ0v) is 8.86. The van der Waals surface area contributed by atoms with Crippen LogP contribution in [0.4, 0.5) is 8.78 Å². The molecule has 0 heterocycles. The summed E-state index contributed by atoms with van der Waals surface area (Å²) in [6.45, 7) is 0.844. The number of rotatable bonds is 2. The molecular weight excluding hydrogens is 242 g/mol. The van der Waals surface area contributed by atoms with Crippen molar-refractivity contribution in [3.8, 4) is 5.75 Å². The summed E-state index contributed by atoms with van der Waals surface area (Å²) >= 11 is 3.17. The van der Waals surface area contributed by atoms with Crippen LogP contribution in [0.25, 0.3) is 0 Å². The Labute approximate surface area is 83.8 Å². The first kappa shape index (κ1) is 10.4. The van der Waals surface area contributed by atoms with E-state index in [1.165, 1.54) is 0 Å². The van der Waals surface area contributed by atoms with E-state index in [0.29, 0.717) is 10.0 Å². The SMILES string of the molecule is Cc1cc(C)c(OC(F)F)c(Br)c1. The van der Waals surface area contributed by atoms with Crippen LogP contribution in [0.1, 0.15) is 11.1 Å². The second kappa shape index (κ2) is 4.05. The van der Waals surface area contributed by atoms with Crippen LogP contribution in [0, 0.1) is 13.8 Å². The van der Waals surface area contributed by atoms with E-state index in [4.69, 9.17) is 0 Å². The molecule has 0 aromatic heterocycles. The number of hydrogen-bond acceptors (Lipinski definition) is 1. The Morgan fingerprint density at radius 3 is 2.38 bits per heavy atom. The molecule has 0 atom stereocenters. The molecule has 0 N–H and O–H groups in total.